The zero-order valence-corrected chi connectivity index (χ0v) is 12.2. The highest BCUT2D eigenvalue weighted by atomic mass is 32.1. The molecule has 1 heterocycles. The summed E-state index contributed by atoms with van der Waals surface area (Å²) in [6.45, 7) is 0. The Morgan fingerprint density at radius 1 is 0.792 bits per heavy atom. The molecular formula is C14H8F8OS. The Labute approximate surface area is 134 Å². The van der Waals surface area contributed by atoms with Gasteiger partial charge in [-0.2, -0.15) is 46.5 Å². The Bertz CT molecular complexity index is 704. The minimum atomic E-state index is -6.28. The minimum Gasteiger partial charge on any atom is -0.374 e. The van der Waals surface area contributed by atoms with Gasteiger partial charge in [-0.3, -0.25) is 0 Å². The van der Waals surface area contributed by atoms with Gasteiger partial charge in [0.25, 0.3) is 0 Å². The van der Waals surface area contributed by atoms with Gasteiger partial charge in [0.2, 0.25) is 0 Å². The fraction of sp³-hybridized carbons (Fsp3) is 0.286. The summed E-state index contributed by atoms with van der Waals surface area (Å²) >= 11 is 0.659. The summed E-state index contributed by atoms with van der Waals surface area (Å²) in [5, 5.41) is 12.1. The number of hydrogen-bond donors (Lipinski definition) is 1. The predicted octanol–water partition coefficient (Wildman–Crippen LogP) is 5.20. The molecule has 24 heavy (non-hydrogen) atoms. The Morgan fingerprint density at radius 3 is 1.75 bits per heavy atom. The maximum absolute atomic E-state index is 14.1. The van der Waals surface area contributed by atoms with Crippen LogP contribution in [0.15, 0.2) is 41.1 Å². The third kappa shape index (κ3) is 2.77. The molecule has 0 fully saturated rings. The highest BCUT2D eigenvalue weighted by Gasteiger charge is 2.72. The van der Waals surface area contributed by atoms with Crippen molar-refractivity contribution >= 4 is 11.3 Å². The number of benzene rings is 1. The molecule has 1 unspecified atom stereocenters. The fourth-order valence-corrected chi connectivity index (χ4v) is 2.93. The van der Waals surface area contributed by atoms with Crippen molar-refractivity contribution in [2.24, 2.45) is 0 Å². The second-order valence-electron chi connectivity index (χ2n) is 4.84. The number of halogens is 8. The van der Waals surface area contributed by atoms with Gasteiger partial charge in [-0.1, -0.05) is 18.2 Å². The van der Waals surface area contributed by atoms with E-state index < -0.39 is 40.6 Å². The van der Waals surface area contributed by atoms with E-state index in [4.69, 9.17) is 0 Å². The maximum atomic E-state index is 14.1. The summed E-state index contributed by atoms with van der Waals surface area (Å²) < 4.78 is 106. The van der Waals surface area contributed by atoms with Crippen LogP contribution in [-0.4, -0.2) is 17.2 Å². The molecule has 1 nitrogen and oxygen atoms in total. The van der Waals surface area contributed by atoms with Crippen LogP contribution in [0, 0.1) is 0 Å². The first-order chi connectivity index (χ1) is 10.8. The molecule has 1 N–H and O–H groups in total. The first kappa shape index (κ1) is 18.7. The van der Waals surface area contributed by atoms with Gasteiger partial charge in [0.05, 0.1) is 5.56 Å². The van der Waals surface area contributed by atoms with Crippen molar-refractivity contribution in [2.75, 3.05) is 0 Å². The zero-order chi connectivity index (χ0) is 18.4. The van der Waals surface area contributed by atoms with Gasteiger partial charge in [0.1, 0.15) is 0 Å². The van der Waals surface area contributed by atoms with Crippen LogP contribution in [0.3, 0.4) is 0 Å². The molecule has 2 aromatic rings. The average molecular weight is 376 g/mol. The third-order valence-electron chi connectivity index (χ3n) is 3.37. The number of alkyl halides is 8. The average Bonchev–Trinajstić information content (AvgIpc) is 2.98. The van der Waals surface area contributed by atoms with Crippen LogP contribution in [0.5, 0.6) is 0 Å². The highest BCUT2D eigenvalue weighted by Crippen LogP contribution is 2.54. The van der Waals surface area contributed by atoms with Crippen molar-refractivity contribution < 1.29 is 40.2 Å². The molecule has 1 aromatic carbocycles. The van der Waals surface area contributed by atoms with Gasteiger partial charge in [0, 0.05) is 11.1 Å². The van der Waals surface area contributed by atoms with E-state index in [0.29, 0.717) is 23.5 Å². The van der Waals surface area contributed by atoms with Crippen LogP contribution in [0.4, 0.5) is 35.1 Å². The molecule has 132 valence electrons. The lowest BCUT2D eigenvalue weighted by Crippen LogP contribution is -2.56. The lowest BCUT2D eigenvalue weighted by Gasteiger charge is -2.38. The van der Waals surface area contributed by atoms with Crippen molar-refractivity contribution in [1.29, 1.82) is 0 Å². The summed E-state index contributed by atoms with van der Waals surface area (Å²) in [5.41, 5.74) is -8.55. The van der Waals surface area contributed by atoms with E-state index in [1.165, 1.54) is 0 Å². The van der Waals surface area contributed by atoms with Gasteiger partial charge in [-0.25, -0.2) is 0 Å². The normalized spacial score (nSPS) is 16.0. The Hall–Kier alpha value is -1.68. The van der Waals surface area contributed by atoms with E-state index >= 15 is 0 Å². The van der Waals surface area contributed by atoms with Crippen LogP contribution in [-0.2, 0) is 11.8 Å². The van der Waals surface area contributed by atoms with E-state index in [1.807, 2.05) is 0 Å². The summed E-state index contributed by atoms with van der Waals surface area (Å²) in [7, 11) is 0. The SMILES string of the molecule is OC(c1ccsc1)(c1ccccc1C(F)(F)F)C(F)(F)C(F)(F)F. The van der Waals surface area contributed by atoms with Crippen LogP contribution in [0.25, 0.3) is 0 Å². The molecule has 0 aliphatic rings. The molecule has 0 aliphatic heterocycles. The summed E-state index contributed by atoms with van der Waals surface area (Å²) in [5.74, 6) is -5.86. The van der Waals surface area contributed by atoms with Gasteiger partial charge in [-0.05, 0) is 22.9 Å². The standard InChI is InChI=1S/C14H8F8OS/c15-12(16,17)10-4-2-1-3-9(10)11(23,8-5-6-24-7-8)13(18,19)14(20,21)22/h1-7,23H. The Balaban J connectivity index is 2.86. The molecule has 0 amide bonds. The first-order valence-electron chi connectivity index (χ1n) is 6.19. The molecule has 1 aromatic heterocycles. The van der Waals surface area contributed by atoms with E-state index in [1.54, 1.807) is 0 Å². The third-order valence-corrected chi connectivity index (χ3v) is 4.05. The fourth-order valence-electron chi connectivity index (χ4n) is 2.23. The van der Waals surface area contributed by atoms with Gasteiger partial charge in [0.15, 0.2) is 5.60 Å². The number of hydrogen-bond acceptors (Lipinski definition) is 2. The smallest absolute Gasteiger partial charge is 0.374 e. The molecule has 10 heteroatoms. The molecule has 0 bridgehead atoms. The van der Waals surface area contributed by atoms with Crippen LogP contribution >= 0.6 is 11.3 Å². The molecule has 0 spiro atoms. The molecule has 0 saturated heterocycles. The van der Waals surface area contributed by atoms with Crippen molar-refractivity contribution in [2.45, 2.75) is 23.9 Å². The Kier molecular flexibility index (Phi) is 4.43. The van der Waals surface area contributed by atoms with Crippen LogP contribution in [0.2, 0.25) is 0 Å². The maximum Gasteiger partial charge on any atom is 0.457 e. The summed E-state index contributed by atoms with van der Waals surface area (Å²) in [6.07, 6.45) is -11.5. The topological polar surface area (TPSA) is 20.2 Å². The number of aliphatic hydroxyl groups is 1. The van der Waals surface area contributed by atoms with Crippen molar-refractivity contribution in [3.05, 3.63) is 57.8 Å². The van der Waals surface area contributed by atoms with Crippen molar-refractivity contribution in [3.63, 3.8) is 0 Å². The zero-order valence-electron chi connectivity index (χ0n) is 11.4. The quantitative estimate of drug-likeness (QED) is 0.730. The van der Waals surface area contributed by atoms with E-state index in [-0.39, 0.29) is 0 Å². The molecule has 0 saturated carbocycles. The van der Waals surface area contributed by atoms with Gasteiger partial charge >= 0.3 is 18.3 Å². The first-order valence-corrected chi connectivity index (χ1v) is 7.14. The van der Waals surface area contributed by atoms with Gasteiger partial charge < -0.3 is 5.11 Å². The van der Waals surface area contributed by atoms with Crippen molar-refractivity contribution in [3.8, 4) is 0 Å². The molecular weight excluding hydrogens is 368 g/mol. The van der Waals surface area contributed by atoms with E-state index in [2.05, 4.69) is 0 Å². The monoisotopic (exact) mass is 376 g/mol. The van der Waals surface area contributed by atoms with Crippen LogP contribution in [0.1, 0.15) is 16.7 Å². The number of thiophene rings is 1. The number of rotatable bonds is 3. The van der Waals surface area contributed by atoms with Gasteiger partial charge in [-0.15, -0.1) is 0 Å². The predicted molar refractivity (Wildman–Crippen MR) is 69.8 cm³/mol. The highest BCUT2D eigenvalue weighted by molar-refractivity contribution is 7.08. The summed E-state index contributed by atoms with van der Waals surface area (Å²) in [4.78, 5) is 0. The molecule has 2 rings (SSSR count). The largest absolute Gasteiger partial charge is 0.457 e. The van der Waals surface area contributed by atoms with Crippen molar-refractivity contribution in [1.82, 2.24) is 0 Å². The molecule has 1 atom stereocenters. The summed E-state index contributed by atoms with van der Waals surface area (Å²) in [6, 6.07) is 3.12. The van der Waals surface area contributed by atoms with E-state index in [0.717, 1.165) is 29.0 Å². The lowest BCUT2D eigenvalue weighted by atomic mass is 9.79. The Morgan fingerprint density at radius 2 is 1.33 bits per heavy atom. The molecule has 0 radical (unpaired) electrons. The second-order valence-corrected chi connectivity index (χ2v) is 5.62. The molecule has 0 aliphatic carbocycles. The minimum absolute atomic E-state index is 0.332. The van der Waals surface area contributed by atoms with Crippen LogP contribution < -0.4 is 0 Å². The second kappa shape index (κ2) is 5.69. The van der Waals surface area contributed by atoms with E-state index in [9.17, 15) is 40.2 Å². The lowest BCUT2D eigenvalue weighted by molar-refractivity contribution is -0.337.